The number of thioether (sulfide) groups is 1. The van der Waals surface area contributed by atoms with Crippen LogP contribution in [0.5, 0.6) is 0 Å². The second-order valence-corrected chi connectivity index (χ2v) is 4.88. The summed E-state index contributed by atoms with van der Waals surface area (Å²) in [5, 5.41) is 9.79. The van der Waals surface area contributed by atoms with Gasteiger partial charge in [-0.1, -0.05) is 12.8 Å². The van der Waals surface area contributed by atoms with Crippen LogP contribution in [0, 0.1) is 0 Å². The van der Waals surface area contributed by atoms with E-state index >= 15 is 0 Å². The quantitative estimate of drug-likeness (QED) is 0.750. The predicted octanol–water partition coefficient (Wildman–Crippen LogP) is 1.58. The van der Waals surface area contributed by atoms with Gasteiger partial charge in [-0.25, -0.2) is 0 Å². The Balaban J connectivity index is 2.30. The summed E-state index contributed by atoms with van der Waals surface area (Å²) in [7, 11) is 2.13. The molecule has 0 aliphatic heterocycles. The fourth-order valence-electron chi connectivity index (χ4n) is 2.01. The summed E-state index contributed by atoms with van der Waals surface area (Å²) in [5.74, 6) is 1.17. The van der Waals surface area contributed by atoms with Gasteiger partial charge in [0, 0.05) is 18.3 Å². The first-order valence-electron chi connectivity index (χ1n) is 5.13. The highest BCUT2D eigenvalue weighted by molar-refractivity contribution is 7.98. The van der Waals surface area contributed by atoms with Gasteiger partial charge in [0.05, 0.1) is 6.10 Å². The van der Waals surface area contributed by atoms with Gasteiger partial charge in [0.15, 0.2) is 0 Å². The number of rotatable bonds is 4. The van der Waals surface area contributed by atoms with Crippen LogP contribution in [0.25, 0.3) is 0 Å². The molecule has 1 saturated carbocycles. The largest absolute Gasteiger partial charge is 0.391 e. The Labute approximate surface area is 85.7 Å². The standard InChI is InChI=1S/C10H21NOS/c1-11(7-8-13-2)9-5-3-4-6-10(9)12/h9-10,12H,3-8H2,1-2H3. The van der Waals surface area contributed by atoms with Crippen molar-refractivity contribution in [1.29, 1.82) is 0 Å². The Bertz CT molecular complexity index is 143. The summed E-state index contributed by atoms with van der Waals surface area (Å²) in [6.45, 7) is 1.10. The number of hydrogen-bond donors (Lipinski definition) is 1. The monoisotopic (exact) mass is 203 g/mol. The summed E-state index contributed by atoms with van der Waals surface area (Å²) < 4.78 is 0. The van der Waals surface area contributed by atoms with Crippen LogP contribution < -0.4 is 0 Å². The van der Waals surface area contributed by atoms with E-state index in [4.69, 9.17) is 0 Å². The zero-order valence-corrected chi connectivity index (χ0v) is 9.52. The van der Waals surface area contributed by atoms with Crippen molar-refractivity contribution < 1.29 is 5.11 Å². The average molecular weight is 203 g/mol. The van der Waals surface area contributed by atoms with Gasteiger partial charge < -0.3 is 10.0 Å². The van der Waals surface area contributed by atoms with E-state index in [1.807, 2.05) is 11.8 Å². The topological polar surface area (TPSA) is 23.5 Å². The molecule has 1 rings (SSSR count). The summed E-state index contributed by atoms with van der Waals surface area (Å²) >= 11 is 1.87. The van der Waals surface area contributed by atoms with Crippen molar-refractivity contribution in [2.75, 3.05) is 25.6 Å². The summed E-state index contributed by atoms with van der Waals surface area (Å²) in [4.78, 5) is 2.32. The van der Waals surface area contributed by atoms with Crippen LogP contribution >= 0.6 is 11.8 Å². The van der Waals surface area contributed by atoms with Crippen LogP contribution in [0.15, 0.2) is 0 Å². The summed E-state index contributed by atoms with van der Waals surface area (Å²) in [6, 6.07) is 0.417. The minimum Gasteiger partial charge on any atom is -0.391 e. The molecule has 3 heteroatoms. The Morgan fingerprint density at radius 3 is 2.69 bits per heavy atom. The highest BCUT2D eigenvalue weighted by atomic mass is 32.2. The molecule has 13 heavy (non-hydrogen) atoms. The van der Waals surface area contributed by atoms with Crippen LogP contribution in [-0.4, -0.2) is 47.8 Å². The van der Waals surface area contributed by atoms with Gasteiger partial charge in [-0.2, -0.15) is 11.8 Å². The average Bonchev–Trinajstić information content (AvgIpc) is 2.15. The molecule has 0 saturated heterocycles. The number of hydrogen-bond acceptors (Lipinski definition) is 3. The molecular weight excluding hydrogens is 182 g/mol. The number of likely N-dealkylation sites (N-methyl/N-ethyl adjacent to an activating group) is 1. The molecule has 0 amide bonds. The molecule has 2 unspecified atom stereocenters. The van der Waals surface area contributed by atoms with E-state index in [1.54, 1.807) is 0 Å². The first-order chi connectivity index (χ1) is 6.25. The third-order valence-electron chi connectivity index (χ3n) is 2.91. The molecule has 78 valence electrons. The highest BCUT2D eigenvalue weighted by Crippen LogP contribution is 2.22. The van der Waals surface area contributed by atoms with Crippen LogP contribution in [0.3, 0.4) is 0 Å². The smallest absolute Gasteiger partial charge is 0.0695 e. The number of nitrogens with zero attached hydrogens (tertiary/aromatic N) is 1. The second kappa shape index (κ2) is 5.89. The summed E-state index contributed by atoms with van der Waals surface area (Å²) in [6.07, 6.45) is 6.70. The number of aliphatic hydroxyl groups is 1. The normalized spacial score (nSPS) is 29.5. The van der Waals surface area contributed by atoms with Crippen LogP contribution in [0.2, 0.25) is 0 Å². The van der Waals surface area contributed by atoms with Gasteiger partial charge in [0.2, 0.25) is 0 Å². The Morgan fingerprint density at radius 1 is 1.38 bits per heavy atom. The van der Waals surface area contributed by atoms with Gasteiger partial charge in [0.1, 0.15) is 0 Å². The third kappa shape index (κ3) is 3.49. The lowest BCUT2D eigenvalue weighted by Crippen LogP contribution is -2.44. The van der Waals surface area contributed by atoms with Gasteiger partial charge in [0.25, 0.3) is 0 Å². The first-order valence-corrected chi connectivity index (χ1v) is 6.52. The van der Waals surface area contributed by atoms with E-state index in [0.717, 1.165) is 13.0 Å². The van der Waals surface area contributed by atoms with Crippen molar-refractivity contribution in [3.63, 3.8) is 0 Å². The van der Waals surface area contributed by atoms with Gasteiger partial charge in [-0.15, -0.1) is 0 Å². The maximum absolute atomic E-state index is 9.79. The lowest BCUT2D eigenvalue weighted by Gasteiger charge is -2.35. The van der Waals surface area contributed by atoms with Crippen molar-refractivity contribution in [2.45, 2.75) is 37.8 Å². The second-order valence-electron chi connectivity index (χ2n) is 3.89. The maximum atomic E-state index is 9.79. The fraction of sp³-hybridized carbons (Fsp3) is 1.00. The van der Waals surface area contributed by atoms with E-state index < -0.39 is 0 Å². The zero-order chi connectivity index (χ0) is 9.68. The van der Waals surface area contributed by atoms with E-state index in [9.17, 15) is 5.11 Å². The lowest BCUT2D eigenvalue weighted by molar-refractivity contribution is 0.0351. The van der Waals surface area contributed by atoms with Crippen LogP contribution in [-0.2, 0) is 0 Å². The minimum atomic E-state index is -0.0828. The van der Waals surface area contributed by atoms with Gasteiger partial charge in [-0.3, -0.25) is 0 Å². The molecular formula is C10H21NOS. The molecule has 1 fully saturated rings. The molecule has 0 bridgehead atoms. The van der Waals surface area contributed by atoms with Crippen molar-refractivity contribution in [3.05, 3.63) is 0 Å². The van der Waals surface area contributed by atoms with Crippen molar-refractivity contribution in [3.8, 4) is 0 Å². The van der Waals surface area contributed by atoms with E-state index in [1.165, 1.54) is 25.0 Å². The molecule has 0 aromatic carbocycles. The molecule has 0 spiro atoms. The van der Waals surface area contributed by atoms with Crippen LogP contribution in [0.4, 0.5) is 0 Å². The van der Waals surface area contributed by atoms with Crippen molar-refractivity contribution in [2.24, 2.45) is 0 Å². The molecule has 1 aliphatic rings. The molecule has 1 N–H and O–H groups in total. The molecule has 2 atom stereocenters. The first kappa shape index (κ1) is 11.3. The van der Waals surface area contributed by atoms with Crippen molar-refractivity contribution >= 4 is 11.8 Å². The lowest BCUT2D eigenvalue weighted by atomic mass is 9.92. The van der Waals surface area contributed by atoms with E-state index in [2.05, 4.69) is 18.2 Å². The van der Waals surface area contributed by atoms with Gasteiger partial charge in [-0.05, 0) is 26.1 Å². The summed E-state index contributed by atoms with van der Waals surface area (Å²) in [5.41, 5.74) is 0. The molecule has 2 nitrogen and oxygen atoms in total. The fourth-order valence-corrected chi connectivity index (χ4v) is 2.48. The van der Waals surface area contributed by atoms with Crippen LogP contribution in [0.1, 0.15) is 25.7 Å². The molecule has 1 aliphatic carbocycles. The Hall–Kier alpha value is 0.270. The SMILES string of the molecule is CSCCN(C)C1CCCCC1O. The minimum absolute atomic E-state index is 0.0828. The zero-order valence-electron chi connectivity index (χ0n) is 8.70. The molecule has 0 aromatic rings. The van der Waals surface area contributed by atoms with E-state index in [-0.39, 0.29) is 6.10 Å². The molecule has 0 radical (unpaired) electrons. The van der Waals surface area contributed by atoms with Gasteiger partial charge >= 0.3 is 0 Å². The Kier molecular flexibility index (Phi) is 5.14. The third-order valence-corrected chi connectivity index (χ3v) is 3.50. The highest BCUT2D eigenvalue weighted by Gasteiger charge is 2.25. The molecule has 0 aromatic heterocycles. The number of aliphatic hydroxyl groups excluding tert-OH is 1. The maximum Gasteiger partial charge on any atom is 0.0695 e. The van der Waals surface area contributed by atoms with E-state index in [0.29, 0.717) is 6.04 Å². The van der Waals surface area contributed by atoms with Crippen molar-refractivity contribution in [1.82, 2.24) is 4.90 Å². The Morgan fingerprint density at radius 2 is 2.08 bits per heavy atom. The molecule has 0 heterocycles. The predicted molar refractivity (Wildman–Crippen MR) is 59.3 cm³/mol.